The highest BCUT2D eigenvalue weighted by molar-refractivity contribution is 7.89. The Bertz CT molecular complexity index is 524. The Morgan fingerprint density at radius 2 is 1.75 bits per heavy atom. The molecular formula is C15H25NO3S. The molecule has 1 rings (SSSR count). The molecule has 1 unspecified atom stereocenters. The maximum absolute atomic E-state index is 12.6. The second-order valence-electron chi connectivity index (χ2n) is 4.99. The fourth-order valence-electron chi connectivity index (χ4n) is 2.28. The fraction of sp³-hybridized carbons (Fsp3) is 0.600. The highest BCUT2D eigenvalue weighted by Crippen LogP contribution is 2.23. The first-order valence-corrected chi connectivity index (χ1v) is 8.58. The van der Waals surface area contributed by atoms with Crippen LogP contribution in [0.2, 0.25) is 0 Å². The molecule has 0 aliphatic carbocycles. The summed E-state index contributed by atoms with van der Waals surface area (Å²) in [5.41, 5.74) is 0.645. The summed E-state index contributed by atoms with van der Waals surface area (Å²) in [6.45, 7) is 5.83. The molecule has 5 heteroatoms. The molecule has 0 aliphatic heterocycles. The van der Waals surface area contributed by atoms with Crippen LogP contribution < -0.4 is 0 Å². The Hall–Kier alpha value is -0.910. The van der Waals surface area contributed by atoms with E-state index < -0.39 is 16.1 Å². The van der Waals surface area contributed by atoms with E-state index in [-0.39, 0.29) is 10.9 Å². The molecule has 0 amide bonds. The number of nitrogens with zero attached hydrogens (tertiary/aromatic N) is 1. The summed E-state index contributed by atoms with van der Waals surface area (Å²) < 4.78 is 26.6. The molecule has 4 nitrogen and oxygen atoms in total. The van der Waals surface area contributed by atoms with Crippen molar-refractivity contribution in [3.05, 3.63) is 29.8 Å². The van der Waals surface area contributed by atoms with Crippen LogP contribution in [0.4, 0.5) is 0 Å². The molecule has 0 aromatic heterocycles. The summed E-state index contributed by atoms with van der Waals surface area (Å²) in [6.07, 6.45) is 1.50. The van der Waals surface area contributed by atoms with Crippen molar-refractivity contribution in [1.29, 1.82) is 0 Å². The normalized spacial score (nSPS) is 13.9. The van der Waals surface area contributed by atoms with Crippen LogP contribution in [0.15, 0.2) is 29.2 Å². The number of hydrogen-bond acceptors (Lipinski definition) is 3. The van der Waals surface area contributed by atoms with Gasteiger partial charge >= 0.3 is 0 Å². The van der Waals surface area contributed by atoms with Crippen molar-refractivity contribution >= 4 is 10.0 Å². The quantitative estimate of drug-likeness (QED) is 0.842. The molecule has 0 heterocycles. The zero-order chi connectivity index (χ0) is 15.3. The van der Waals surface area contributed by atoms with Gasteiger partial charge in [-0.05, 0) is 37.0 Å². The summed E-state index contributed by atoms with van der Waals surface area (Å²) in [5, 5.41) is 9.85. The minimum Gasteiger partial charge on any atom is -0.388 e. The van der Waals surface area contributed by atoms with Gasteiger partial charge in [0.15, 0.2) is 0 Å². The lowest BCUT2D eigenvalue weighted by molar-refractivity contribution is 0.173. The van der Waals surface area contributed by atoms with Crippen LogP contribution >= 0.6 is 0 Å². The Morgan fingerprint density at radius 3 is 2.25 bits per heavy atom. The van der Waals surface area contributed by atoms with Gasteiger partial charge < -0.3 is 5.11 Å². The molecule has 0 fully saturated rings. The Kier molecular flexibility index (Phi) is 6.17. The van der Waals surface area contributed by atoms with Crippen LogP contribution in [-0.2, 0) is 10.0 Å². The van der Waals surface area contributed by atoms with Crippen molar-refractivity contribution < 1.29 is 13.5 Å². The molecule has 1 N–H and O–H groups in total. The van der Waals surface area contributed by atoms with Gasteiger partial charge in [0.05, 0.1) is 11.0 Å². The first-order chi connectivity index (χ1) is 9.38. The molecule has 1 atom stereocenters. The summed E-state index contributed by atoms with van der Waals surface area (Å²) in [6, 6.07) is 6.59. The van der Waals surface area contributed by atoms with Crippen molar-refractivity contribution in [2.45, 2.75) is 57.1 Å². The third-order valence-electron chi connectivity index (χ3n) is 3.76. The lowest BCUT2D eigenvalue weighted by Gasteiger charge is -2.25. The predicted molar refractivity (Wildman–Crippen MR) is 81.0 cm³/mol. The lowest BCUT2D eigenvalue weighted by Crippen LogP contribution is -2.36. The molecule has 0 aliphatic rings. The molecular weight excluding hydrogens is 274 g/mol. The van der Waals surface area contributed by atoms with E-state index in [1.165, 1.54) is 4.31 Å². The van der Waals surface area contributed by atoms with Gasteiger partial charge in [-0.2, -0.15) is 4.31 Å². The molecule has 0 radical (unpaired) electrons. The smallest absolute Gasteiger partial charge is 0.243 e. The van der Waals surface area contributed by atoms with Gasteiger partial charge in [0.2, 0.25) is 10.0 Å². The second kappa shape index (κ2) is 7.20. The van der Waals surface area contributed by atoms with E-state index in [4.69, 9.17) is 0 Å². The van der Waals surface area contributed by atoms with Crippen molar-refractivity contribution in [3.8, 4) is 0 Å². The van der Waals surface area contributed by atoms with Crippen LogP contribution in [0.25, 0.3) is 0 Å². The maximum Gasteiger partial charge on any atom is 0.243 e. The summed E-state index contributed by atoms with van der Waals surface area (Å²) in [5.74, 6) is 0. The number of aliphatic hydroxyl groups excluding tert-OH is 1. The summed E-state index contributed by atoms with van der Waals surface area (Å²) >= 11 is 0. The minimum absolute atomic E-state index is 0.000227. The average Bonchev–Trinajstić information content (AvgIpc) is 2.47. The monoisotopic (exact) mass is 299 g/mol. The third kappa shape index (κ3) is 3.59. The van der Waals surface area contributed by atoms with Crippen molar-refractivity contribution in [2.24, 2.45) is 0 Å². The molecule has 1 aromatic carbocycles. The first-order valence-electron chi connectivity index (χ1n) is 7.14. The molecule has 1 aromatic rings. The van der Waals surface area contributed by atoms with E-state index in [1.807, 2.05) is 20.8 Å². The molecule has 114 valence electrons. The maximum atomic E-state index is 12.6. The fourth-order valence-corrected chi connectivity index (χ4v) is 3.84. The number of benzene rings is 1. The first kappa shape index (κ1) is 17.1. The lowest BCUT2D eigenvalue weighted by atomic mass is 10.1. The molecule has 0 saturated heterocycles. The highest BCUT2D eigenvalue weighted by atomic mass is 32.2. The summed E-state index contributed by atoms with van der Waals surface area (Å²) in [7, 11) is -1.88. The minimum atomic E-state index is -3.50. The van der Waals surface area contributed by atoms with Gasteiger partial charge in [-0.3, -0.25) is 0 Å². The molecule has 0 saturated carbocycles. The van der Waals surface area contributed by atoms with Crippen LogP contribution in [0, 0.1) is 0 Å². The third-order valence-corrected chi connectivity index (χ3v) is 5.67. The Balaban J connectivity index is 3.15. The predicted octanol–water partition coefficient (Wildman–Crippen LogP) is 2.94. The van der Waals surface area contributed by atoms with Gasteiger partial charge in [-0.15, -0.1) is 0 Å². The van der Waals surface area contributed by atoms with E-state index in [0.29, 0.717) is 12.0 Å². The van der Waals surface area contributed by atoms with E-state index in [2.05, 4.69) is 0 Å². The van der Waals surface area contributed by atoms with Gasteiger partial charge in [-0.1, -0.05) is 32.9 Å². The average molecular weight is 299 g/mol. The zero-order valence-electron chi connectivity index (χ0n) is 12.7. The molecule has 20 heavy (non-hydrogen) atoms. The number of rotatable bonds is 7. The van der Waals surface area contributed by atoms with Crippen LogP contribution in [0.5, 0.6) is 0 Å². The largest absolute Gasteiger partial charge is 0.388 e. The van der Waals surface area contributed by atoms with Crippen molar-refractivity contribution in [1.82, 2.24) is 4.31 Å². The summed E-state index contributed by atoms with van der Waals surface area (Å²) in [4.78, 5) is 0.247. The van der Waals surface area contributed by atoms with E-state index in [1.54, 1.807) is 31.3 Å². The standard InChI is InChI=1S/C15H25NO3S/c1-5-13(6-2)16(4)20(18,19)14-10-8-9-12(11-14)15(17)7-3/h8-11,13,15,17H,5-7H2,1-4H3. The van der Waals surface area contributed by atoms with Gasteiger partial charge in [0.1, 0.15) is 0 Å². The number of hydrogen-bond donors (Lipinski definition) is 1. The molecule has 0 spiro atoms. The van der Waals surface area contributed by atoms with Gasteiger partial charge in [0, 0.05) is 13.1 Å². The van der Waals surface area contributed by atoms with Crippen LogP contribution in [0.1, 0.15) is 51.7 Å². The van der Waals surface area contributed by atoms with E-state index in [0.717, 1.165) is 12.8 Å². The van der Waals surface area contributed by atoms with Gasteiger partial charge in [-0.25, -0.2) is 8.42 Å². The van der Waals surface area contributed by atoms with E-state index in [9.17, 15) is 13.5 Å². The topological polar surface area (TPSA) is 57.6 Å². The number of aliphatic hydroxyl groups is 1. The second-order valence-corrected chi connectivity index (χ2v) is 6.99. The SMILES string of the molecule is CCC(O)c1cccc(S(=O)(=O)N(C)C(CC)CC)c1. The van der Waals surface area contributed by atoms with Gasteiger partial charge in [0.25, 0.3) is 0 Å². The zero-order valence-corrected chi connectivity index (χ0v) is 13.5. The number of sulfonamides is 1. The Labute approximate surface area is 122 Å². The van der Waals surface area contributed by atoms with E-state index >= 15 is 0 Å². The highest BCUT2D eigenvalue weighted by Gasteiger charge is 2.26. The Morgan fingerprint density at radius 1 is 1.15 bits per heavy atom. The van der Waals surface area contributed by atoms with Crippen molar-refractivity contribution in [2.75, 3.05) is 7.05 Å². The van der Waals surface area contributed by atoms with Crippen LogP contribution in [0.3, 0.4) is 0 Å². The van der Waals surface area contributed by atoms with Crippen molar-refractivity contribution in [3.63, 3.8) is 0 Å². The van der Waals surface area contributed by atoms with Crippen LogP contribution in [-0.4, -0.2) is 30.9 Å². The molecule has 0 bridgehead atoms.